The summed E-state index contributed by atoms with van der Waals surface area (Å²) >= 11 is 6.12. The molecule has 0 fully saturated rings. The Bertz CT molecular complexity index is 851. The molecule has 0 radical (unpaired) electrons. The monoisotopic (exact) mass is 390 g/mol. The van der Waals surface area contributed by atoms with Crippen molar-refractivity contribution in [3.63, 3.8) is 0 Å². The number of esters is 1. The summed E-state index contributed by atoms with van der Waals surface area (Å²) in [4.78, 5) is 12.0. The van der Waals surface area contributed by atoms with Gasteiger partial charge in [-0.3, -0.25) is 5.41 Å². The molecule has 0 aliphatic heterocycles. The summed E-state index contributed by atoms with van der Waals surface area (Å²) in [6, 6.07) is 10.7. The first-order valence-corrected chi connectivity index (χ1v) is 8.78. The van der Waals surface area contributed by atoms with E-state index < -0.39 is 17.3 Å². The molecule has 0 heterocycles. The maximum atomic E-state index is 12.0. The molecule has 0 aliphatic carbocycles. The minimum Gasteiger partial charge on any atom is -0.507 e. The molecule has 0 saturated carbocycles. The van der Waals surface area contributed by atoms with Gasteiger partial charge in [-0.2, -0.15) is 0 Å². The Morgan fingerprint density at radius 3 is 2.44 bits per heavy atom. The number of carbonyl (C=O) groups is 1. The lowest BCUT2D eigenvalue weighted by atomic mass is 9.93. The Morgan fingerprint density at radius 1 is 1.22 bits per heavy atom. The number of hydrogen-bond donors (Lipinski definition) is 4. The lowest BCUT2D eigenvalue weighted by molar-refractivity contribution is 0.0596. The molecule has 4 N–H and O–H groups in total. The molecular weight excluding hydrogens is 368 g/mol. The Labute approximate surface area is 163 Å². The number of ether oxygens (including phenoxy) is 1. The van der Waals surface area contributed by atoms with Crippen LogP contribution in [0.15, 0.2) is 36.4 Å². The number of phenols is 2. The minimum atomic E-state index is -0.756. The average molecular weight is 391 g/mol. The van der Waals surface area contributed by atoms with E-state index >= 15 is 0 Å². The van der Waals surface area contributed by atoms with Crippen molar-refractivity contribution in [3.05, 3.63) is 58.1 Å². The first-order valence-electron chi connectivity index (χ1n) is 8.40. The summed E-state index contributed by atoms with van der Waals surface area (Å²) < 4.78 is 4.69. The smallest absolute Gasteiger partial charge is 0.341 e. The van der Waals surface area contributed by atoms with Gasteiger partial charge in [0.2, 0.25) is 0 Å². The molecule has 144 valence electrons. The number of methoxy groups -OCH3 is 1. The van der Waals surface area contributed by atoms with Gasteiger partial charge in [0.15, 0.2) is 0 Å². The number of rotatable bonds is 6. The molecule has 2 aromatic rings. The minimum absolute atomic E-state index is 0.0386. The van der Waals surface area contributed by atoms with Crippen LogP contribution in [0.3, 0.4) is 0 Å². The lowest BCUT2D eigenvalue weighted by Gasteiger charge is -2.28. The quantitative estimate of drug-likeness (QED) is 0.339. The molecule has 7 heteroatoms. The second-order valence-electron chi connectivity index (χ2n) is 6.67. The topological polar surface area (TPSA) is 103 Å². The first-order chi connectivity index (χ1) is 12.7. The summed E-state index contributed by atoms with van der Waals surface area (Å²) in [5, 5.41) is 31.2. The van der Waals surface area contributed by atoms with E-state index in [-0.39, 0.29) is 40.6 Å². The third-order valence-electron chi connectivity index (χ3n) is 4.29. The van der Waals surface area contributed by atoms with Gasteiger partial charge in [-0.15, -0.1) is 0 Å². The second kappa shape index (κ2) is 8.31. The number of benzene rings is 2. The molecule has 2 rings (SSSR count). The number of phenolic OH excluding ortho intramolecular Hbond substituents is 2. The molecule has 0 atom stereocenters. The predicted octanol–water partition coefficient (Wildman–Crippen LogP) is 3.97. The van der Waals surface area contributed by atoms with Crippen LogP contribution in [0.5, 0.6) is 11.5 Å². The summed E-state index contributed by atoms with van der Waals surface area (Å²) in [5.74, 6) is -1.27. The first kappa shape index (κ1) is 20.6. The molecule has 0 bridgehead atoms. The molecule has 0 saturated heterocycles. The Morgan fingerprint density at radius 2 is 1.85 bits per heavy atom. The molecule has 0 amide bonds. The van der Waals surface area contributed by atoms with Crippen molar-refractivity contribution in [1.29, 1.82) is 5.41 Å². The van der Waals surface area contributed by atoms with Crippen LogP contribution >= 0.6 is 11.6 Å². The van der Waals surface area contributed by atoms with E-state index in [0.29, 0.717) is 0 Å². The van der Waals surface area contributed by atoms with Crippen molar-refractivity contribution < 1.29 is 19.7 Å². The number of nitrogens with one attached hydrogen (secondary N) is 2. The Hall–Kier alpha value is -2.73. The van der Waals surface area contributed by atoms with Crippen molar-refractivity contribution in [3.8, 4) is 11.5 Å². The Balaban J connectivity index is 2.19. The molecule has 27 heavy (non-hydrogen) atoms. The third-order valence-corrected chi connectivity index (χ3v) is 4.72. The molecule has 2 aromatic carbocycles. The van der Waals surface area contributed by atoms with Crippen LogP contribution < -0.4 is 5.32 Å². The van der Waals surface area contributed by atoms with Crippen molar-refractivity contribution in [2.24, 2.45) is 0 Å². The highest BCUT2D eigenvalue weighted by Gasteiger charge is 2.24. The van der Waals surface area contributed by atoms with Gasteiger partial charge in [0.25, 0.3) is 0 Å². The normalized spacial score (nSPS) is 11.1. The van der Waals surface area contributed by atoms with E-state index in [1.807, 2.05) is 44.2 Å². The fourth-order valence-corrected chi connectivity index (χ4v) is 3.11. The van der Waals surface area contributed by atoms with E-state index in [0.717, 1.165) is 11.6 Å². The zero-order valence-corrected chi connectivity index (χ0v) is 16.2. The molecule has 6 nitrogen and oxygen atoms in total. The van der Waals surface area contributed by atoms with Crippen molar-refractivity contribution in [1.82, 2.24) is 5.32 Å². The number of halogens is 1. The van der Waals surface area contributed by atoms with E-state index in [1.165, 1.54) is 7.11 Å². The van der Waals surface area contributed by atoms with Gasteiger partial charge in [-0.05, 0) is 31.4 Å². The van der Waals surface area contributed by atoms with Crippen molar-refractivity contribution in [2.45, 2.75) is 32.2 Å². The number of carbonyl (C=O) groups excluding carboxylic acids is 1. The highest BCUT2D eigenvalue weighted by Crippen LogP contribution is 2.37. The predicted molar refractivity (Wildman–Crippen MR) is 105 cm³/mol. The average Bonchev–Trinajstić information content (AvgIpc) is 2.63. The SMILES string of the molecule is COC(=O)c1c(O)cc(O)c(Cl)c1CCC(=N)NC(C)(C)c1ccccc1. The van der Waals surface area contributed by atoms with Crippen LogP contribution in [0.2, 0.25) is 5.02 Å². The highest BCUT2D eigenvalue weighted by atomic mass is 35.5. The summed E-state index contributed by atoms with van der Waals surface area (Å²) in [6.45, 7) is 3.92. The van der Waals surface area contributed by atoms with Crippen LogP contribution in [0.4, 0.5) is 0 Å². The highest BCUT2D eigenvalue weighted by molar-refractivity contribution is 6.33. The number of amidine groups is 1. The standard InChI is InChI=1S/C20H23ClN2O4/c1-20(2,12-7-5-4-6-8-12)23-16(22)10-9-13-17(19(26)27-3)14(24)11-15(25)18(13)21/h4-8,11,24-25H,9-10H2,1-3H3,(H2,22,23). The van der Waals surface area contributed by atoms with Crippen LogP contribution in [-0.4, -0.2) is 29.1 Å². The zero-order valence-electron chi connectivity index (χ0n) is 15.5. The molecule has 0 unspecified atom stereocenters. The van der Waals surface area contributed by atoms with Crippen LogP contribution in [0.1, 0.15) is 41.8 Å². The van der Waals surface area contributed by atoms with Gasteiger partial charge < -0.3 is 20.3 Å². The number of hydrogen-bond acceptors (Lipinski definition) is 5. The summed E-state index contributed by atoms with van der Waals surface area (Å²) in [5.41, 5.74) is 0.701. The van der Waals surface area contributed by atoms with E-state index in [1.54, 1.807) is 0 Å². The van der Waals surface area contributed by atoms with Crippen LogP contribution in [0.25, 0.3) is 0 Å². The van der Waals surface area contributed by atoms with E-state index in [9.17, 15) is 15.0 Å². The van der Waals surface area contributed by atoms with Gasteiger partial charge in [-0.25, -0.2) is 4.79 Å². The maximum absolute atomic E-state index is 12.0. The largest absolute Gasteiger partial charge is 0.507 e. The zero-order chi connectivity index (χ0) is 20.2. The fraction of sp³-hybridized carbons (Fsp3) is 0.300. The fourth-order valence-electron chi connectivity index (χ4n) is 2.87. The third kappa shape index (κ3) is 4.71. The van der Waals surface area contributed by atoms with E-state index in [2.05, 4.69) is 10.1 Å². The Kier molecular flexibility index (Phi) is 6.33. The van der Waals surface area contributed by atoms with Crippen LogP contribution in [-0.2, 0) is 16.7 Å². The van der Waals surface area contributed by atoms with Gasteiger partial charge in [0, 0.05) is 12.5 Å². The van der Waals surface area contributed by atoms with Crippen molar-refractivity contribution >= 4 is 23.4 Å². The van der Waals surface area contributed by atoms with Gasteiger partial charge >= 0.3 is 5.97 Å². The summed E-state index contributed by atoms with van der Waals surface area (Å²) in [7, 11) is 1.19. The number of aromatic hydroxyl groups is 2. The molecule has 0 spiro atoms. The summed E-state index contributed by atoms with van der Waals surface area (Å²) in [6.07, 6.45) is 0.394. The van der Waals surface area contributed by atoms with Gasteiger partial charge in [0.1, 0.15) is 17.1 Å². The second-order valence-corrected chi connectivity index (χ2v) is 7.05. The van der Waals surface area contributed by atoms with E-state index in [4.69, 9.17) is 17.0 Å². The van der Waals surface area contributed by atoms with Crippen molar-refractivity contribution in [2.75, 3.05) is 7.11 Å². The van der Waals surface area contributed by atoms with Crippen LogP contribution in [0, 0.1) is 5.41 Å². The molecular formula is C20H23ClN2O4. The van der Waals surface area contributed by atoms with Gasteiger partial charge in [-0.1, -0.05) is 41.9 Å². The van der Waals surface area contributed by atoms with Gasteiger partial charge in [0.05, 0.1) is 23.5 Å². The lowest BCUT2D eigenvalue weighted by Crippen LogP contribution is -2.40. The maximum Gasteiger partial charge on any atom is 0.341 e. The molecule has 0 aromatic heterocycles. The molecule has 0 aliphatic rings.